The third-order valence-corrected chi connectivity index (χ3v) is 3.19. The van der Waals surface area contributed by atoms with Gasteiger partial charge in [-0.05, 0) is 13.3 Å². The smallest absolute Gasteiger partial charge is 0.233 e. The fourth-order valence-electron chi connectivity index (χ4n) is 1.05. The van der Waals surface area contributed by atoms with E-state index in [-0.39, 0.29) is 5.75 Å². The van der Waals surface area contributed by atoms with E-state index in [1.165, 1.54) is 0 Å². The van der Waals surface area contributed by atoms with Gasteiger partial charge in [0.05, 0.1) is 11.9 Å². The first-order chi connectivity index (χ1) is 7.05. The third-order valence-electron chi connectivity index (χ3n) is 1.85. The molecular formula is C8H15N3O3S. The summed E-state index contributed by atoms with van der Waals surface area (Å²) >= 11 is 0. The van der Waals surface area contributed by atoms with Crippen molar-refractivity contribution in [3.8, 4) is 0 Å². The van der Waals surface area contributed by atoms with Crippen molar-refractivity contribution in [2.45, 2.75) is 13.3 Å². The van der Waals surface area contributed by atoms with Crippen LogP contribution < -0.4 is 4.72 Å². The summed E-state index contributed by atoms with van der Waals surface area (Å²) in [5.74, 6) is 0.465. The molecule has 0 aliphatic carbocycles. The summed E-state index contributed by atoms with van der Waals surface area (Å²) in [5.41, 5.74) is 0.769. The molecule has 0 spiro atoms. The molecule has 0 aliphatic rings. The molecule has 1 rings (SSSR count). The monoisotopic (exact) mass is 233 g/mol. The van der Waals surface area contributed by atoms with Crippen LogP contribution in [0.3, 0.4) is 0 Å². The number of aromatic amines is 1. The van der Waals surface area contributed by atoms with Gasteiger partial charge in [-0.3, -0.25) is 9.82 Å². The lowest BCUT2D eigenvalue weighted by Crippen LogP contribution is -2.18. The highest BCUT2D eigenvalue weighted by atomic mass is 32.2. The number of nitrogens with zero attached hydrogens (tertiary/aromatic N) is 1. The van der Waals surface area contributed by atoms with E-state index >= 15 is 0 Å². The standard InChI is InChI=1S/C8H15N3O3S/c1-7-6-9-10-8(7)11-15(12,13)5-3-4-14-2/h6H,3-5H2,1-2H3,(H2,9,10,11). The molecule has 7 heteroatoms. The third kappa shape index (κ3) is 3.88. The average molecular weight is 233 g/mol. The largest absolute Gasteiger partial charge is 0.385 e. The fraction of sp³-hybridized carbons (Fsp3) is 0.625. The molecule has 86 valence electrons. The second kappa shape index (κ2) is 5.13. The highest BCUT2D eigenvalue weighted by Gasteiger charge is 2.12. The lowest BCUT2D eigenvalue weighted by Gasteiger charge is -2.06. The molecule has 0 bridgehead atoms. The van der Waals surface area contributed by atoms with Crippen LogP contribution in [-0.2, 0) is 14.8 Å². The maximum atomic E-state index is 11.5. The predicted molar refractivity (Wildman–Crippen MR) is 57.2 cm³/mol. The van der Waals surface area contributed by atoms with E-state index in [0.29, 0.717) is 18.8 Å². The predicted octanol–water partition coefficient (Wildman–Crippen LogP) is 0.496. The van der Waals surface area contributed by atoms with Gasteiger partial charge in [0.2, 0.25) is 10.0 Å². The Bertz CT molecular complexity index is 399. The van der Waals surface area contributed by atoms with E-state index in [1.807, 2.05) is 0 Å². The molecule has 0 atom stereocenters. The van der Waals surface area contributed by atoms with E-state index < -0.39 is 10.0 Å². The van der Waals surface area contributed by atoms with Crippen molar-refractivity contribution in [3.05, 3.63) is 11.8 Å². The van der Waals surface area contributed by atoms with E-state index in [1.54, 1.807) is 20.2 Å². The molecule has 0 radical (unpaired) electrons. The molecule has 0 fully saturated rings. The van der Waals surface area contributed by atoms with Crippen molar-refractivity contribution in [2.24, 2.45) is 0 Å². The van der Waals surface area contributed by atoms with Crippen molar-refractivity contribution in [2.75, 3.05) is 24.2 Å². The molecule has 1 aromatic rings. The molecule has 0 unspecified atom stereocenters. The first kappa shape index (κ1) is 12.0. The summed E-state index contributed by atoms with van der Waals surface area (Å²) in [7, 11) is -1.76. The minimum atomic E-state index is -3.30. The summed E-state index contributed by atoms with van der Waals surface area (Å²) in [5, 5.41) is 6.31. The summed E-state index contributed by atoms with van der Waals surface area (Å²) in [6.07, 6.45) is 2.03. The Morgan fingerprint density at radius 3 is 2.87 bits per heavy atom. The van der Waals surface area contributed by atoms with Crippen molar-refractivity contribution in [1.82, 2.24) is 10.2 Å². The first-order valence-electron chi connectivity index (χ1n) is 4.54. The number of methoxy groups -OCH3 is 1. The molecular weight excluding hydrogens is 218 g/mol. The zero-order valence-electron chi connectivity index (χ0n) is 8.78. The van der Waals surface area contributed by atoms with Crippen LogP contribution in [0, 0.1) is 6.92 Å². The molecule has 0 saturated carbocycles. The van der Waals surface area contributed by atoms with Crippen LogP contribution in [0.4, 0.5) is 5.82 Å². The Hall–Kier alpha value is -1.08. The highest BCUT2D eigenvalue weighted by Crippen LogP contribution is 2.10. The van der Waals surface area contributed by atoms with Crippen LogP contribution in [0.5, 0.6) is 0 Å². The van der Waals surface area contributed by atoms with E-state index in [9.17, 15) is 8.42 Å². The van der Waals surface area contributed by atoms with E-state index in [0.717, 1.165) is 5.56 Å². The summed E-state index contributed by atoms with van der Waals surface area (Å²) < 4.78 is 30.2. The maximum absolute atomic E-state index is 11.5. The molecule has 0 aliphatic heterocycles. The Balaban J connectivity index is 2.53. The van der Waals surface area contributed by atoms with Gasteiger partial charge in [0.15, 0.2) is 0 Å². The number of ether oxygens (including phenoxy) is 1. The number of sulfonamides is 1. The van der Waals surface area contributed by atoms with Gasteiger partial charge in [-0.2, -0.15) is 5.10 Å². The normalized spacial score (nSPS) is 11.6. The lowest BCUT2D eigenvalue weighted by molar-refractivity contribution is 0.199. The number of rotatable bonds is 6. The maximum Gasteiger partial charge on any atom is 0.233 e. The molecule has 0 amide bonds. The lowest BCUT2D eigenvalue weighted by atomic mass is 10.4. The van der Waals surface area contributed by atoms with Crippen molar-refractivity contribution < 1.29 is 13.2 Å². The number of aryl methyl sites for hydroxylation is 1. The number of hydrogen-bond donors (Lipinski definition) is 2. The van der Waals surface area contributed by atoms with Gasteiger partial charge in [-0.25, -0.2) is 8.42 Å². The molecule has 0 aromatic carbocycles. The van der Waals surface area contributed by atoms with Crippen LogP contribution in [0.15, 0.2) is 6.20 Å². The topological polar surface area (TPSA) is 84.1 Å². The summed E-state index contributed by atoms with van der Waals surface area (Å²) in [6.45, 7) is 2.21. The van der Waals surface area contributed by atoms with Crippen LogP contribution in [0.2, 0.25) is 0 Å². The summed E-state index contributed by atoms with van der Waals surface area (Å²) in [4.78, 5) is 0. The average Bonchev–Trinajstić information content (AvgIpc) is 2.51. The van der Waals surface area contributed by atoms with Crippen LogP contribution >= 0.6 is 0 Å². The summed E-state index contributed by atoms with van der Waals surface area (Å²) in [6, 6.07) is 0. The molecule has 0 saturated heterocycles. The highest BCUT2D eigenvalue weighted by molar-refractivity contribution is 7.92. The van der Waals surface area contributed by atoms with Gasteiger partial charge in [0.25, 0.3) is 0 Å². The number of aromatic nitrogens is 2. The number of H-pyrrole nitrogens is 1. The SMILES string of the molecule is COCCCS(=O)(=O)Nc1[nH]ncc1C. The zero-order chi connectivity index (χ0) is 11.3. The first-order valence-corrected chi connectivity index (χ1v) is 6.20. The molecule has 1 aromatic heterocycles. The van der Waals surface area contributed by atoms with E-state index in [4.69, 9.17) is 4.74 Å². The fourth-order valence-corrected chi connectivity index (χ4v) is 2.17. The Kier molecular flexibility index (Phi) is 4.10. The second-order valence-corrected chi connectivity index (χ2v) is 5.04. The van der Waals surface area contributed by atoms with Crippen molar-refractivity contribution in [1.29, 1.82) is 0 Å². The number of nitrogens with one attached hydrogen (secondary N) is 2. The van der Waals surface area contributed by atoms with Gasteiger partial charge in [0, 0.05) is 19.3 Å². The quantitative estimate of drug-likeness (QED) is 0.701. The Morgan fingerprint density at radius 2 is 2.33 bits per heavy atom. The minimum Gasteiger partial charge on any atom is -0.385 e. The molecule has 15 heavy (non-hydrogen) atoms. The van der Waals surface area contributed by atoms with E-state index in [2.05, 4.69) is 14.9 Å². The van der Waals surface area contributed by atoms with Crippen molar-refractivity contribution in [3.63, 3.8) is 0 Å². The van der Waals surface area contributed by atoms with Crippen LogP contribution in [0.25, 0.3) is 0 Å². The van der Waals surface area contributed by atoms with Gasteiger partial charge >= 0.3 is 0 Å². The van der Waals surface area contributed by atoms with Gasteiger partial charge in [-0.1, -0.05) is 0 Å². The van der Waals surface area contributed by atoms with Gasteiger partial charge in [0.1, 0.15) is 5.82 Å². The Morgan fingerprint density at radius 1 is 1.60 bits per heavy atom. The molecule has 6 nitrogen and oxygen atoms in total. The van der Waals surface area contributed by atoms with Gasteiger partial charge < -0.3 is 4.74 Å². The second-order valence-electron chi connectivity index (χ2n) is 3.20. The Labute approximate surface area is 89.1 Å². The van der Waals surface area contributed by atoms with Crippen LogP contribution in [-0.4, -0.2) is 38.1 Å². The number of anilines is 1. The number of hydrogen-bond acceptors (Lipinski definition) is 4. The van der Waals surface area contributed by atoms with Gasteiger partial charge in [-0.15, -0.1) is 0 Å². The molecule has 1 heterocycles. The minimum absolute atomic E-state index is 0.0410. The van der Waals surface area contributed by atoms with Crippen molar-refractivity contribution >= 4 is 15.8 Å². The zero-order valence-corrected chi connectivity index (χ0v) is 9.60. The van der Waals surface area contributed by atoms with Crippen LogP contribution in [0.1, 0.15) is 12.0 Å². The molecule has 2 N–H and O–H groups in total.